The molecular weight excluding hydrogens is 784 g/mol. The first-order chi connectivity index (χ1) is 29.6. The van der Waals surface area contributed by atoms with Crippen LogP contribution in [-0.2, 0) is 11.2 Å². The third-order valence-electron chi connectivity index (χ3n) is 13.3. The van der Waals surface area contributed by atoms with Crippen LogP contribution in [0, 0.1) is 29.3 Å². The van der Waals surface area contributed by atoms with E-state index < -0.39 is 34.8 Å². The van der Waals surface area contributed by atoms with Crippen LogP contribution in [0.1, 0.15) is 51.2 Å². The van der Waals surface area contributed by atoms with Gasteiger partial charge in [0.25, 0.3) is 17.4 Å². The molecule has 0 radical (unpaired) electrons. The van der Waals surface area contributed by atoms with E-state index in [0.717, 1.165) is 52.0 Å². The molecule has 5 heterocycles. The third-order valence-corrected chi connectivity index (χ3v) is 13.3. The highest BCUT2D eigenvalue weighted by Crippen LogP contribution is 2.41. The van der Waals surface area contributed by atoms with E-state index in [1.54, 1.807) is 63.2 Å². The second-order valence-electron chi connectivity index (χ2n) is 16.9. The van der Waals surface area contributed by atoms with Gasteiger partial charge in [-0.15, -0.1) is 0 Å². The topological polar surface area (TPSA) is 113 Å². The molecule has 4 saturated heterocycles. The Morgan fingerprint density at radius 1 is 0.689 bits per heavy atom. The van der Waals surface area contributed by atoms with Crippen molar-refractivity contribution < 1.29 is 27.6 Å². The van der Waals surface area contributed by atoms with Gasteiger partial charge in [0.1, 0.15) is 23.0 Å². The Morgan fingerprint density at radius 2 is 1.36 bits per heavy atom. The fraction of sp³-hybridized carbons (Fsp3) is 0.383. The van der Waals surface area contributed by atoms with Crippen LogP contribution in [0.3, 0.4) is 0 Å². The van der Waals surface area contributed by atoms with Gasteiger partial charge in [-0.1, -0.05) is 54.6 Å². The summed E-state index contributed by atoms with van der Waals surface area (Å²) in [6, 6.07) is 23.0. The summed E-state index contributed by atoms with van der Waals surface area (Å²) in [5, 5.41) is 7.94. The maximum Gasteiger partial charge on any atom is 0.272 e. The molecule has 1 N–H and O–H groups in total. The van der Waals surface area contributed by atoms with E-state index in [2.05, 4.69) is 20.0 Å². The van der Waals surface area contributed by atoms with Crippen LogP contribution in [-0.4, -0.2) is 130 Å². The number of fused-ring (bicyclic) bond motifs is 4. The van der Waals surface area contributed by atoms with E-state index in [1.807, 2.05) is 18.2 Å². The molecule has 5 aromatic rings. The summed E-state index contributed by atoms with van der Waals surface area (Å²) in [7, 11) is 0. The van der Waals surface area contributed by atoms with Gasteiger partial charge in [-0.25, -0.2) is 18.3 Å². The summed E-state index contributed by atoms with van der Waals surface area (Å²) < 4.78 is 45.7. The largest absolute Gasteiger partial charge is 0.338 e. The van der Waals surface area contributed by atoms with E-state index in [-0.39, 0.29) is 35.5 Å². The van der Waals surface area contributed by atoms with Crippen LogP contribution in [0.15, 0.2) is 89.7 Å². The van der Waals surface area contributed by atoms with Crippen LogP contribution < -0.4 is 5.56 Å². The molecule has 10 rings (SSSR count). The summed E-state index contributed by atoms with van der Waals surface area (Å²) in [5.74, 6) is -2.63. The van der Waals surface area contributed by atoms with E-state index in [9.17, 15) is 19.2 Å². The number of rotatable bonds is 9. The van der Waals surface area contributed by atoms with Crippen molar-refractivity contribution in [3.8, 4) is 11.1 Å². The van der Waals surface area contributed by atoms with E-state index in [1.165, 1.54) is 18.2 Å². The minimum Gasteiger partial charge on any atom is -0.338 e. The summed E-state index contributed by atoms with van der Waals surface area (Å²) in [5.41, 5.74) is 1.58. The molecule has 4 aliphatic heterocycles. The number of piperidine rings is 2. The average Bonchev–Trinajstić information content (AvgIpc) is 3.28. The van der Waals surface area contributed by atoms with E-state index >= 15 is 13.2 Å². The van der Waals surface area contributed by atoms with Gasteiger partial charge in [0.15, 0.2) is 0 Å². The molecule has 2 bridgehead atoms. The summed E-state index contributed by atoms with van der Waals surface area (Å²) in [6.07, 6.45) is 2.92. The van der Waals surface area contributed by atoms with Crippen LogP contribution in [0.4, 0.5) is 13.2 Å². The Labute approximate surface area is 351 Å². The first kappa shape index (κ1) is 40.5. The molecule has 1 saturated carbocycles. The quantitative estimate of drug-likeness (QED) is 0.211. The van der Waals surface area contributed by atoms with Crippen molar-refractivity contribution in [2.24, 2.45) is 11.8 Å². The maximum atomic E-state index is 15.3. The molecular formula is C47H48F3N7O4. The number of carbonyl (C=O) groups is 3. The number of H-pyrrole nitrogens is 1. The van der Waals surface area contributed by atoms with Gasteiger partial charge in [-0.2, -0.15) is 5.10 Å². The zero-order chi connectivity index (χ0) is 42.2. The summed E-state index contributed by atoms with van der Waals surface area (Å²) in [6.45, 7) is 6.11. The highest BCUT2D eigenvalue weighted by molar-refractivity contribution is 5.96. The number of nitrogens with one attached hydrogen (secondary N) is 1. The normalized spacial score (nSPS) is 21.0. The molecule has 1 aromatic heterocycles. The van der Waals surface area contributed by atoms with Gasteiger partial charge < -0.3 is 19.6 Å². The first-order valence-electron chi connectivity index (χ1n) is 21.2. The van der Waals surface area contributed by atoms with Gasteiger partial charge in [0.2, 0.25) is 5.91 Å². The van der Waals surface area contributed by atoms with Crippen LogP contribution >= 0.6 is 0 Å². The van der Waals surface area contributed by atoms with Crippen molar-refractivity contribution in [1.82, 2.24) is 34.7 Å². The lowest BCUT2D eigenvalue weighted by atomic mass is 9.71. The van der Waals surface area contributed by atoms with Crippen molar-refractivity contribution in [2.75, 3.05) is 72.0 Å². The number of hydrogen-bond donors (Lipinski definition) is 1. The fourth-order valence-electron chi connectivity index (χ4n) is 9.85. The Bertz CT molecular complexity index is 2500. The smallest absolute Gasteiger partial charge is 0.272 e. The second-order valence-corrected chi connectivity index (χ2v) is 16.9. The van der Waals surface area contributed by atoms with Crippen LogP contribution in [0.5, 0.6) is 0 Å². The monoisotopic (exact) mass is 831 g/mol. The molecule has 61 heavy (non-hydrogen) atoms. The lowest BCUT2D eigenvalue weighted by molar-refractivity contribution is -0.134. The molecule has 0 spiro atoms. The number of carbonyl (C=O) groups excluding carboxylic acids is 3. The summed E-state index contributed by atoms with van der Waals surface area (Å²) in [4.78, 5) is 62.4. The highest BCUT2D eigenvalue weighted by Gasteiger charge is 2.44. The number of hydrogen-bond acceptors (Lipinski definition) is 7. The van der Waals surface area contributed by atoms with Crippen molar-refractivity contribution in [3.63, 3.8) is 0 Å². The average molecular weight is 832 g/mol. The van der Waals surface area contributed by atoms with Crippen molar-refractivity contribution in [1.29, 1.82) is 0 Å². The molecule has 5 fully saturated rings. The summed E-state index contributed by atoms with van der Waals surface area (Å²) >= 11 is 0. The SMILES string of the molecule is O=C(CN1CCN(C[C@H]2CC3CC[C@@H]2CN3C(=O)c2c(F)cc(-c3ccccc3)cc2F)CC1)N1CCN(C(=O)c2cc(Cc3n[nH]c(=O)c4ccccc34)ccc2F)CC1. The molecule has 1 unspecified atom stereocenters. The first-order valence-corrected chi connectivity index (χ1v) is 21.2. The number of aromatic amines is 1. The van der Waals surface area contributed by atoms with E-state index in [4.69, 9.17) is 0 Å². The highest BCUT2D eigenvalue weighted by atomic mass is 19.1. The number of aromatic nitrogens is 2. The van der Waals surface area contributed by atoms with Crippen molar-refractivity contribution >= 4 is 28.5 Å². The van der Waals surface area contributed by atoms with Gasteiger partial charge in [0, 0.05) is 83.3 Å². The zero-order valence-electron chi connectivity index (χ0n) is 33.9. The van der Waals surface area contributed by atoms with Gasteiger partial charge in [0.05, 0.1) is 23.2 Å². The van der Waals surface area contributed by atoms with E-state index in [0.29, 0.717) is 78.2 Å². The number of benzene rings is 4. The standard InChI is InChI=1S/C47H48F3N7O4/c48-39-13-10-30(23-42-36-8-4-5-9-37(36)45(59)52-51-42)22-38(39)46(60)56-20-18-55(19-21-56)43(58)29-54-16-14-53(15-17-54)27-34-24-35-12-11-32(34)28-57(35)47(61)44-40(49)25-33(26-41(44)50)31-6-2-1-3-7-31/h1-10,13,22,25-26,32,34-35H,11-12,14-21,23-24,27-29H2,(H,52,59)/t32-,34-,35?/m1/s1. The molecule has 5 aliphatic rings. The number of nitrogens with zero attached hydrogens (tertiary/aromatic N) is 6. The Hall–Kier alpha value is -5.86. The molecule has 14 heteroatoms. The van der Waals surface area contributed by atoms with Crippen LogP contribution in [0.2, 0.25) is 0 Å². The van der Waals surface area contributed by atoms with Crippen LogP contribution in [0.25, 0.3) is 21.9 Å². The number of amides is 3. The molecule has 316 valence electrons. The van der Waals surface area contributed by atoms with Gasteiger partial charge in [-0.05, 0) is 78.1 Å². The molecule has 3 amide bonds. The van der Waals surface area contributed by atoms with Crippen molar-refractivity contribution in [3.05, 3.63) is 135 Å². The minimum atomic E-state index is -0.835. The fourth-order valence-corrected chi connectivity index (χ4v) is 9.85. The zero-order valence-corrected chi connectivity index (χ0v) is 33.9. The minimum absolute atomic E-state index is 0.00582. The molecule has 11 nitrogen and oxygen atoms in total. The Balaban J connectivity index is 0.730. The maximum absolute atomic E-state index is 15.3. The van der Waals surface area contributed by atoms with Gasteiger partial charge >= 0.3 is 0 Å². The number of piperazine rings is 2. The lowest BCUT2D eigenvalue weighted by Gasteiger charge is -2.51. The Kier molecular flexibility index (Phi) is 11.5. The van der Waals surface area contributed by atoms with Crippen molar-refractivity contribution in [2.45, 2.75) is 31.7 Å². The van der Waals surface area contributed by atoms with Gasteiger partial charge in [-0.3, -0.25) is 24.1 Å². The number of halogens is 3. The lowest BCUT2D eigenvalue weighted by Crippen LogP contribution is -2.58. The molecule has 3 atom stereocenters. The molecule has 4 aromatic carbocycles. The predicted octanol–water partition coefficient (Wildman–Crippen LogP) is 5.44. The third kappa shape index (κ3) is 8.43. The predicted molar refractivity (Wildman–Crippen MR) is 224 cm³/mol. The second kappa shape index (κ2) is 17.3. The Morgan fingerprint density at radius 3 is 2.07 bits per heavy atom. The molecule has 1 aliphatic carbocycles.